The molecule has 0 atom stereocenters. The summed E-state index contributed by atoms with van der Waals surface area (Å²) in [6.07, 6.45) is 0. The van der Waals surface area contributed by atoms with Gasteiger partial charge in [0.05, 0.1) is 5.75 Å². The van der Waals surface area contributed by atoms with Gasteiger partial charge in [0.15, 0.2) is 5.17 Å². The quantitative estimate of drug-likeness (QED) is 0.181. The lowest BCUT2D eigenvalue weighted by Gasteiger charge is -2.03. The fraction of sp³-hybridized carbons (Fsp3) is 0.400. The van der Waals surface area contributed by atoms with E-state index in [1.807, 2.05) is 0 Å². The van der Waals surface area contributed by atoms with Gasteiger partial charge in [-0.2, -0.15) is 5.10 Å². The van der Waals surface area contributed by atoms with Gasteiger partial charge in [0, 0.05) is 6.92 Å². The average molecular weight is 205 g/mol. The molecule has 8 heteroatoms. The highest BCUT2D eigenvalue weighted by Gasteiger charge is 2.02. The van der Waals surface area contributed by atoms with Crippen LogP contribution in [0.25, 0.3) is 0 Å². The van der Waals surface area contributed by atoms with Gasteiger partial charge in [0.25, 0.3) is 0 Å². The van der Waals surface area contributed by atoms with E-state index in [-0.39, 0.29) is 22.7 Å². The lowest BCUT2D eigenvalue weighted by atomic mass is 10.7. The lowest BCUT2D eigenvalue weighted by Crippen LogP contribution is -2.41. The second kappa shape index (κ2) is 6.12. The number of thioether (sulfide) groups is 1. The van der Waals surface area contributed by atoms with Crippen molar-refractivity contribution in [2.24, 2.45) is 16.7 Å². The van der Waals surface area contributed by atoms with Gasteiger partial charge < -0.3 is 11.6 Å². The Morgan fingerprint density at radius 2 is 2.08 bits per heavy atom. The van der Waals surface area contributed by atoms with Gasteiger partial charge in [-0.15, -0.1) is 0 Å². The van der Waals surface area contributed by atoms with E-state index in [9.17, 15) is 9.59 Å². The number of hydrazone groups is 1. The van der Waals surface area contributed by atoms with Crippen LogP contribution in [-0.2, 0) is 9.59 Å². The van der Waals surface area contributed by atoms with Crippen LogP contribution in [0.2, 0.25) is 0 Å². The number of amides is 2. The highest BCUT2D eigenvalue weighted by molar-refractivity contribution is 8.14. The van der Waals surface area contributed by atoms with Gasteiger partial charge >= 0.3 is 0 Å². The summed E-state index contributed by atoms with van der Waals surface area (Å²) < 4.78 is 0. The fourth-order valence-corrected chi connectivity index (χ4v) is 0.796. The predicted octanol–water partition coefficient (Wildman–Crippen LogP) is -1.92. The van der Waals surface area contributed by atoms with Crippen molar-refractivity contribution in [1.29, 1.82) is 0 Å². The van der Waals surface area contributed by atoms with Gasteiger partial charge in [0.1, 0.15) is 0 Å². The first kappa shape index (κ1) is 11.6. The zero-order chi connectivity index (χ0) is 10.3. The molecule has 0 unspecified atom stereocenters. The summed E-state index contributed by atoms with van der Waals surface area (Å²) in [4.78, 5) is 21.2. The van der Waals surface area contributed by atoms with Crippen LogP contribution in [0.5, 0.6) is 0 Å². The smallest absolute Gasteiger partial charge is 0.248 e. The number of nitrogens with zero attached hydrogens (tertiary/aromatic N) is 1. The molecule has 0 heterocycles. The fourth-order valence-electron chi connectivity index (χ4n) is 0.371. The van der Waals surface area contributed by atoms with E-state index in [1.165, 1.54) is 6.92 Å². The van der Waals surface area contributed by atoms with Gasteiger partial charge in [-0.05, 0) is 0 Å². The van der Waals surface area contributed by atoms with Crippen molar-refractivity contribution >= 4 is 28.7 Å². The maximum absolute atomic E-state index is 10.9. The Morgan fingerprint density at radius 1 is 1.46 bits per heavy atom. The molecule has 0 saturated carbocycles. The van der Waals surface area contributed by atoms with Crippen molar-refractivity contribution in [1.82, 2.24) is 10.9 Å². The van der Waals surface area contributed by atoms with Crippen molar-refractivity contribution in [2.45, 2.75) is 6.92 Å². The van der Waals surface area contributed by atoms with E-state index in [1.54, 1.807) is 0 Å². The van der Waals surface area contributed by atoms with E-state index in [0.717, 1.165) is 11.8 Å². The van der Waals surface area contributed by atoms with Crippen molar-refractivity contribution in [3.8, 4) is 0 Å². The molecule has 13 heavy (non-hydrogen) atoms. The number of nitrogens with one attached hydrogen (secondary N) is 2. The average Bonchev–Trinajstić information content (AvgIpc) is 2.10. The van der Waals surface area contributed by atoms with Crippen molar-refractivity contribution in [2.75, 3.05) is 5.75 Å². The summed E-state index contributed by atoms with van der Waals surface area (Å²) >= 11 is 0.976. The number of hydrazine groups is 1. The summed E-state index contributed by atoms with van der Waals surface area (Å²) in [5.41, 5.74) is 9.47. The molecular formula is C5H11N5O2S. The molecule has 0 aromatic heterocycles. The lowest BCUT2D eigenvalue weighted by molar-refractivity contribution is -0.126. The maximum atomic E-state index is 10.9. The Bertz CT molecular complexity index is 229. The van der Waals surface area contributed by atoms with Crippen LogP contribution in [-0.4, -0.2) is 22.7 Å². The molecule has 0 aliphatic rings. The monoisotopic (exact) mass is 205 g/mol. The second-order valence-corrected chi connectivity index (χ2v) is 2.98. The van der Waals surface area contributed by atoms with Crippen LogP contribution < -0.4 is 22.4 Å². The minimum absolute atomic E-state index is 0.0484. The van der Waals surface area contributed by atoms with E-state index >= 15 is 0 Å². The Labute approximate surface area is 79.3 Å². The molecule has 6 N–H and O–H groups in total. The molecule has 0 saturated heterocycles. The summed E-state index contributed by atoms with van der Waals surface area (Å²) in [5, 5.41) is 3.25. The topological polar surface area (TPSA) is 123 Å². The summed E-state index contributed by atoms with van der Waals surface area (Å²) in [5.74, 6) is 4.14. The molecule has 0 fully saturated rings. The Morgan fingerprint density at radius 3 is 2.54 bits per heavy atom. The number of amidine groups is 1. The molecule has 2 amide bonds. The zero-order valence-electron chi connectivity index (χ0n) is 7.03. The van der Waals surface area contributed by atoms with Gasteiger partial charge in [-0.1, -0.05) is 11.8 Å². The van der Waals surface area contributed by atoms with Crippen LogP contribution in [0, 0.1) is 0 Å². The first-order chi connectivity index (χ1) is 6.06. The highest BCUT2D eigenvalue weighted by atomic mass is 32.2. The Kier molecular flexibility index (Phi) is 5.44. The van der Waals surface area contributed by atoms with Crippen LogP contribution in [0.15, 0.2) is 5.10 Å². The third-order valence-corrected chi connectivity index (χ3v) is 1.66. The number of nitrogens with two attached hydrogens (primary N) is 2. The number of rotatable bonds is 2. The standard InChI is InChI=1S/C5H11N5O2S/c1-3(11)9-10-4(12)2-13-5(6)8-7/h2,7H2,1H3,(H2,6,8)(H,9,11)(H,10,12). The Hall–Kier alpha value is -1.44. The first-order valence-corrected chi connectivity index (χ1v) is 4.26. The number of hydrogen-bond donors (Lipinski definition) is 4. The third-order valence-electron chi connectivity index (χ3n) is 0.856. The number of hydrogen-bond acceptors (Lipinski definition) is 5. The van der Waals surface area contributed by atoms with Crippen LogP contribution >= 0.6 is 11.8 Å². The van der Waals surface area contributed by atoms with E-state index in [4.69, 9.17) is 11.6 Å². The SMILES string of the molecule is CC(=O)NNC(=O)CSC(N)=NN. The van der Waals surface area contributed by atoms with Crippen molar-refractivity contribution < 1.29 is 9.59 Å². The molecule has 0 aromatic rings. The molecule has 0 aliphatic heterocycles. The van der Waals surface area contributed by atoms with Crippen LogP contribution in [0.3, 0.4) is 0 Å². The molecule has 0 rings (SSSR count). The van der Waals surface area contributed by atoms with E-state index < -0.39 is 0 Å². The molecule has 0 bridgehead atoms. The summed E-state index contributed by atoms with van der Waals surface area (Å²) in [6.45, 7) is 1.28. The van der Waals surface area contributed by atoms with Crippen molar-refractivity contribution in [3.05, 3.63) is 0 Å². The molecule has 0 radical (unpaired) electrons. The van der Waals surface area contributed by atoms with Crippen LogP contribution in [0.4, 0.5) is 0 Å². The number of carbonyl (C=O) groups excluding carboxylic acids is 2. The minimum atomic E-state index is -0.383. The molecule has 0 spiro atoms. The summed E-state index contributed by atoms with van der Waals surface area (Å²) in [6, 6.07) is 0. The van der Waals surface area contributed by atoms with Gasteiger partial charge in [-0.3, -0.25) is 20.4 Å². The Balaban J connectivity index is 3.58. The van der Waals surface area contributed by atoms with Crippen molar-refractivity contribution in [3.63, 3.8) is 0 Å². The minimum Gasteiger partial charge on any atom is -0.377 e. The first-order valence-electron chi connectivity index (χ1n) is 3.28. The summed E-state index contributed by atoms with van der Waals surface area (Å²) in [7, 11) is 0. The molecule has 0 aliphatic carbocycles. The molecule has 7 nitrogen and oxygen atoms in total. The van der Waals surface area contributed by atoms with E-state index in [2.05, 4.69) is 16.0 Å². The van der Waals surface area contributed by atoms with E-state index in [0.29, 0.717) is 0 Å². The van der Waals surface area contributed by atoms with Gasteiger partial charge in [0.2, 0.25) is 11.8 Å². The largest absolute Gasteiger partial charge is 0.377 e. The second-order valence-electron chi connectivity index (χ2n) is 1.99. The molecular weight excluding hydrogens is 194 g/mol. The van der Waals surface area contributed by atoms with Gasteiger partial charge in [-0.25, -0.2) is 0 Å². The zero-order valence-corrected chi connectivity index (χ0v) is 7.85. The molecule has 0 aromatic carbocycles. The van der Waals surface area contributed by atoms with Crippen LogP contribution in [0.1, 0.15) is 6.92 Å². The maximum Gasteiger partial charge on any atom is 0.248 e. The highest BCUT2D eigenvalue weighted by Crippen LogP contribution is 1.96. The number of carbonyl (C=O) groups is 2. The third kappa shape index (κ3) is 6.94. The molecule has 74 valence electrons. The normalized spacial score (nSPS) is 10.7. The predicted molar refractivity (Wildman–Crippen MR) is 50.2 cm³/mol.